The zero-order chi connectivity index (χ0) is 7.23. The predicted octanol–water partition coefficient (Wildman–Crippen LogP) is 3.00. The van der Waals surface area contributed by atoms with Crippen LogP contribution in [0.25, 0.3) is 0 Å². The summed E-state index contributed by atoms with van der Waals surface area (Å²) in [7, 11) is 0. The lowest BCUT2D eigenvalue weighted by Crippen LogP contribution is -1.98. The molecule has 1 N–H and O–H groups in total. The first-order valence-electron chi connectivity index (χ1n) is 4.42. The van der Waals surface area contributed by atoms with Crippen molar-refractivity contribution >= 4 is 6.21 Å². The van der Waals surface area contributed by atoms with E-state index < -0.39 is 0 Å². The van der Waals surface area contributed by atoms with Crippen LogP contribution in [0, 0.1) is 11.3 Å². The lowest BCUT2D eigenvalue weighted by atomic mass is 9.97. The average molecular weight is 139 g/mol. The van der Waals surface area contributed by atoms with Crippen LogP contribution in [0.5, 0.6) is 0 Å². The fourth-order valence-corrected chi connectivity index (χ4v) is 1.77. The molecule has 0 unspecified atom stereocenters. The van der Waals surface area contributed by atoms with Crippen LogP contribution in [0.15, 0.2) is 0 Å². The van der Waals surface area contributed by atoms with Crippen LogP contribution in [-0.4, -0.2) is 6.21 Å². The molecular weight excluding hydrogens is 122 g/mol. The van der Waals surface area contributed by atoms with E-state index in [1.54, 1.807) is 6.21 Å². The topological polar surface area (TPSA) is 23.9 Å². The van der Waals surface area contributed by atoms with E-state index in [1.807, 2.05) is 0 Å². The van der Waals surface area contributed by atoms with Gasteiger partial charge in [0.15, 0.2) is 0 Å². The molecule has 0 aromatic heterocycles. The van der Waals surface area contributed by atoms with E-state index in [2.05, 4.69) is 0 Å². The molecule has 0 saturated heterocycles. The molecule has 0 aromatic rings. The van der Waals surface area contributed by atoms with Crippen molar-refractivity contribution in [2.45, 2.75) is 44.9 Å². The van der Waals surface area contributed by atoms with Gasteiger partial charge in [-0.2, -0.15) is 0 Å². The van der Waals surface area contributed by atoms with Gasteiger partial charge in [-0.25, -0.2) is 0 Å². The normalized spacial score (nSPS) is 22.0. The van der Waals surface area contributed by atoms with Gasteiger partial charge in [-0.3, -0.25) is 0 Å². The standard InChI is InChI=1S/C9H17N/c10-8-7-9-5-3-1-2-4-6-9/h8-10H,1-7H2. The fraction of sp³-hybridized carbons (Fsp3) is 0.889. The molecule has 0 aromatic carbocycles. The van der Waals surface area contributed by atoms with Crippen molar-refractivity contribution in [1.29, 1.82) is 5.41 Å². The molecular formula is C9H17N. The maximum absolute atomic E-state index is 6.99. The third kappa shape index (κ3) is 2.51. The Balaban J connectivity index is 2.21. The van der Waals surface area contributed by atoms with Crippen LogP contribution in [0.4, 0.5) is 0 Å². The average Bonchev–Trinajstić information content (AvgIpc) is 2.17. The fourth-order valence-electron chi connectivity index (χ4n) is 1.77. The van der Waals surface area contributed by atoms with Gasteiger partial charge in [0.2, 0.25) is 0 Å². The molecule has 0 bridgehead atoms. The van der Waals surface area contributed by atoms with Crippen molar-refractivity contribution < 1.29 is 0 Å². The van der Waals surface area contributed by atoms with Crippen LogP contribution in [0.2, 0.25) is 0 Å². The number of rotatable bonds is 2. The van der Waals surface area contributed by atoms with E-state index in [0.29, 0.717) is 0 Å². The Kier molecular flexibility index (Phi) is 3.48. The minimum absolute atomic E-state index is 0.847. The van der Waals surface area contributed by atoms with Crippen LogP contribution in [0.3, 0.4) is 0 Å². The first-order valence-corrected chi connectivity index (χ1v) is 4.42. The molecule has 1 fully saturated rings. The molecule has 58 valence electrons. The van der Waals surface area contributed by atoms with Gasteiger partial charge < -0.3 is 5.41 Å². The molecule has 0 heterocycles. The molecule has 1 nitrogen and oxygen atoms in total. The number of nitrogens with one attached hydrogen (secondary N) is 1. The van der Waals surface area contributed by atoms with Gasteiger partial charge in [0, 0.05) is 0 Å². The van der Waals surface area contributed by atoms with Crippen LogP contribution in [0.1, 0.15) is 44.9 Å². The predicted molar refractivity (Wildman–Crippen MR) is 44.6 cm³/mol. The van der Waals surface area contributed by atoms with Gasteiger partial charge in [0.05, 0.1) is 0 Å². The molecule has 1 aliphatic carbocycles. The molecule has 0 atom stereocenters. The summed E-state index contributed by atoms with van der Waals surface area (Å²) in [6.07, 6.45) is 11.0. The summed E-state index contributed by atoms with van der Waals surface area (Å²) < 4.78 is 0. The maximum Gasteiger partial charge on any atom is -0.00450 e. The largest absolute Gasteiger partial charge is 0.313 e. The second-order valence-corrected chi connectivity index (χ2v) is 3.30. The number of hydrogen-bond acceptors (Lipinski definition) is 1. The molecule has 1 aliphatic rings. The Labute approximate surface area is 63.3 Å². The van der Waals surface area contributed by atoms with Gasteiger partial charge in [-0.05, 0) is 18.6 Å². The highest BCUT2D eigenvalue weighted by Gasteiger charge is 2.09. The van der Waals surface area contributed by atoms with Crippen molar-refractivity contribution in [3.63, 3.8) is 0 Å². The molecule has 10 heavy (non-hydrogen) atoms. The second kappa shape index (κ2) is 4.48. The third-order valence-electron chi connectivity index (χ3n) is 2.43. The van der Waals surface area contributed by atoms with E-state index in [9.17, 15) is 0 Å². The quantitative estimate of drug-likeness (QED) is 0.449. The second-order valence-electron chi connectivity index (χ2n) is 3.30. The van der Waals surface area contributed by atoms with Crippen LogP contribution >= 0.6 is 0 Å². The summed E-state index contributed by atoms with van der Waals surface area (Å²) >= 11 is 0. The Bertz CT molecular complexity index is 90.9. The molecule has 1 heteroatoms. The van der Waals surface area contributed by atoms with Crippen LogP contribution in [-0.2, 0) is 0 Å². The van der Waals surface area contributed by atoms with E-state index in [1.165, 1.54) is 38.5 Å². The van der Waals surface area contributed by atoms with Crippen molar-refractivity contribution in [2.24, 2.45) is 5.92 Å². The summed E-state index contributed by atoms with van der Waals surface area (Å²) in [5.41, 5.74) is 0. The molecule has 0 spiro atoms. The Morgan fingerprint density at radius 1 is 1.10 bits per heavy atom. The van der Waals surface area contributed by atoms with E-state index >= 15 is 0 Å². The SMILES string of the molecule is N=CCC1CCCCCC1. The zero-order valence-corrected chi connectivity index (χ0v) is 6.60. The molecule has 1 saturated carbocycles. The van der Waals surface area contributed by atoms with E-state index in [-0.39, 0.29) is 0 Å². The lowest BCUT2D eigenvalue weighted by Gasteiger charge is -2.08. The van der Waals surface area contributed by atoms with Gasteiger partial charge in [0.1, 0.15) is 0 Å². The van der Waals surface area contributed by atoms with Crippen molar-refractivity contribution in [3.8, 4) is 0 Å². The minimum atomic E-state index is 0.847. The van der Waals surface area contributed by atoms with Crippen molar-refractivity contribution in [3.05, 3.63) is 0 Å². The highest BCUT2D eigenvalue weighted by Crippen LogP contribution is 2.24. The lowest BCUT2D eigenvalue weighted by molar-refractivity contribution is 0.479. The highest BCUT2D eigenvalue weighted by molar-refractivity contribution is 5.53. The van der Waals surface area contributed by atoms with Gasteiger partial charge in [0.25, 0.3) is 0 Å². The first kappa shape index (κ1) is 7.77. The summed E-state index contributed by atoms with van der Waals surface area (Å²) in [5.74, 6) is 0.847. The summed E-state index contributed by atoms with van der Waals surface area (Å²) in [6, 6.07) is 0. The van der Waals surface area contributed by atoms with E-state index in [4.69, 9.17) is 5.41 Å². The Morgan fingerprint density at radius 2 is 1.70 bits per heavy atom. The van der Waals surface area contributed by atoms with Gasteiger partial charge in [-0.15, -0.1) is 0 Å². The Morgan fingerprint density at radius 3 is 2.20 bits per heavy atom. The summed E-state index contributed by atoms with van der Waals surface area (Å²) in [6.45, 7) is 0. The maximum atomic E-state index is 6.99. The van der Waals surface area contributed by atoms with Crippen molar-refractivity contribution in [1.82, 2.24) is 0 Å². The summed E-state index contributed by atoms with van der Waals surface area (Å²) in [4.78, 5) is 0. The molecule has 0 radical (unpaired) electrons. The molecule has 1 rings (SSSR count). The van der Waals surface area contributed by atoms with Crippen molar-refractivity contribution in [2.75, 3.05) is 0 Å². The molecule has 0 aliphatic heterocycles. The van der Waals surface area contributed by atoms with Gasteiger partial charge in [-0.1, -0.05) is 38.5 Å². The van der Waals surface area contributed by atoms with E-state index in [0.717, 1.165) is 12.3 Å². The van der Waals surface area contributed by atoms with Crippen LogP contribution < -0.4 is 0 Å². The van der Waals surface area contributed by atoms with Gasteiger partial charge >= 0.3 is 0 Å². The zero-order valence-electron chi connectivity index (χ0n) is 6.60. The smallest absolute Gasteiger partial charge is 0.00450 e. The number of hydrogen-bond donors (Lipinski definition) is 1. The molecule has 0 amide bonds. The highest BCUT2D eigenvalue weighted by atomic mass is 14.3. The monoisotopic (exact) mass is 139 g/mol. The first-order chi connectivity index (χ1) is 4.93. The summed E-state index contributed by atoms with van der Waals surface area (Å²) in [5, 5.41) is 6.99. The minimum Gasteiger partial charge on any atom is -0.313 e. The Hall–Kier alpha value is -0.330. The third-order valence-corrected chi connectivity index (χ3v) is 2.43.